The van der Waals surface area contributed by atoms with Crippen molar-refractivity contribution in [3.05, 3.63) is 35.5 Å². The highest BCUT2D eigenvalue weighted by Gasteiger charge is 2.36. The zero-order chi connectivity index (χ0) is 19.1. The summed E-state index contributed by atoms with van der Waals surface area (Å²) < 4.78 is 11.7. The number of anilines is 2. The predicted octanol–water partition coefficient (Wildman–Crippen LogP) is 2.67. The van der Waals surface area contributed by atoms with Gasteiger partial charge in [-0.1, -0.05) is 0 Å². The number of fused-ring (bicyclic) bond motifs is 3. The second kappa shape index (κ2) is 7.03. The van der Waals surface area contributed by atoms with Gasteiger partial charge in [0.15, 0.2) is 5.82 Å². The topological polar surface area (TPSA) is 96.8 Å². The molecule has 2 atom stereocenters. The highest BCUT2D eigenvalue weighted by atomic mass is 16.5. The molecule has 0 saturated carbocycles. The molecule has 5 rings (SSSR count). The summed E-state index contributed by atoms with van der Waals surface area (Å²) in [6, 6.07) is 7.15. The fourth-order valence-corrected chi connectivity index (χ4v) is 4.22. The summed E-state index contributed by atoms with van der Waals surface area (Å²) in [6.45, 7) is 2.90. The van der Waals surface area contributed by atoms with Crippen LogP contribution in [0.25, 0.3) is 11.4 Å². The number of carbonyl (C=O) groups is 1. The molecule has 2 aromatic rings. The van der Waals surface area contributed by atoms with Crippen LogP contribution in [-0.4, -0.2) is 53.1 Å². The van der Waals surface area contributed by atoms with Crippen LogP contribution in [0.3, 0.4) is 0 Å². The lowest BCUT2D eigenvalue weighted by atomic mass is 10.1. The van der Waals surface area contributed by atoms with Crippen LogP contribution >= 0.6 is 0 Å². The van der Waals surface area contributed by atoms with Gasteiger partial charge < -0.3 is 19.5 Å². The minimum Gasteiger partial charge on any atom is -0.465 e. The lowest BCUT2D eigenvalue weighted by Crippen LogP contribution is -2.44. The van der Waals surface area contributed by atoms with Crippen molar-refractivity contribution in [1.82, 2.24) is 9.97 Å². The molecule has 3 aliphatic heterocycles. The van der Waals surface area contributed by atoms with Crippen LogP contribution in [0, 0.1) is 0 Å². The number of amides is 1. The second-order valence-electron chi connectivity index (χ2n) is 7.47. The Labute approximate surface area is 162 Å². The third-order valence-corrected chi connectivity index (χ3v) is 5.54. The third-order valence-electron chi connectivity index (χ3n) is 5.54. The van der Waals surface area contributed by atoms with Gasteiger partial charge in [0.1, 0.15) is 5.82 Å². The van der Waals surface area contributed by atoms with Crippen LogP contribution in [-0.2, 0) is 22.5 Å². The second-order valence-corrected chi connectivity index (χ2v) is 7.47. The largest absolute Gasteiger partial charge is 0.465 e. The van der Waals surface area contributed by atoms with E-state index in [1.807, 2.05) is 12.1 Å². The van der Waals surface area contributed by atoms with Crippen LogP contribution in [0.4, 0.5) is 16.3 Å². The van der Waals surface area contributed by atoms with Crippen molar-refractivity contribution in [3.8, 4) is 11.4 Å². The van der Waals surface area contributed by atoms with Crippen LogP contribution < -0.4 is 10.2 Å². The molecule has 8 heteroatoms. The summed E-state index contributed by atoms with van der Waals surface area (Å²) in [5.74, 6) is 1.61. The van der Waals surface area contributed by atoms with Crippen LogP contribution in [0.1, 0.15) is 24.1 Å². The Morgan fingerprint density at radius 1 is 1.14 bits per heavy atom. The number of nitrogens with zero attached hydrogens (tertiary/aromatic N) is 3. The van der Waals surface area contributed by atoms with E-state index >= 15 is 0 Å². The maximum Gasteiger partial charge on any atom is 0.409 e. The number of hydrogen-bond donors (Lipinski definition) is 2. The van der Waals surface area contributed by atoms with Gasteiger partial charge in [0.25, 0.3) is 0 Å². The highest BCUT2D eigenvalue weighted by Crippen LogP contribution is 2.34. The Kier molecular flexibility index (Phi) is 4.37. The molecular formula is C20H22N4O4. The molecule has 2 bridgehead atoms. The van der Waals surface area contributed by atoms with Crippen molar-refractivity contribution in [2.75, 3.05) is 29.9 Å². The van der Waals surface area contributed by atoms with E-state index in [2.05, 4.69) is 10.2 Å². The number of benzene rings is 1. The van der Waals surface area contributed by atoms with E-state index in [-0.39, 0.29) is 12.2 Å². The van der Waals surface area contributed by atoms with Crippen LogP contribution in [0.15, 0.2) is 24.3 Å². The van der Waals surface area contributed by atoms with Crippen LogP contribution in [0.2, 0.25) is 0 Å². The SMILES string of the molecule is O=C(O)Nc1ccc(-c2nc3c(c(N4CC5CCC(C4)O5)n2)COCC3)cc1. The lowest BCUT2D eigenvalue weighted by Gasteiger charge is -2.35. The van der Waals surface area contributed by atoms with Crippen molar-refractivity contribution in [1.29, 1.82) is 0 Å². The van der Waals surface area contributed by atoms with Gasteiger partial charge in [-0.25, -0.2) is 14.8 Å². The van der Waals surface area contributed by atoms with E-state index in [9.17, 15) is 4.79 Å². The van der Waals surface area contributed by atoms with Gasteiger partial charge in [-0.2, -0.15) is 0 Å². The molecule has 4 heterocycles. The predicted molar refractivity (Wildman–Crippen MR) is 103 cm³/mol. The average Bonchev–Trinajstić information content (AvgIpc) is 3.05. The monoisotopic (exact) mass is 382 g/mol. The number of morpholine rings is 1. The van der Waals surface area contributed by atoms with Crippen LogP contribution in [0.5, 0.6) is 0 Å². The summed E-state index contributed by atoms with van der Waals surface area (Å²) in [7, 11) is 0. The lowest BCUT2D eigenvalue weighted by molar-refractivity contribution is 0.0298. The van der Waals surface area contributed by atoms with Crippen molar-refractivity contribution in [3.63, 3.8) is 0 Å². The van der Waals surface area contributed by atoms with Crippen molar-refractivity contribution < 1.29 is 19.4 Å². The molecule has 146 valence electrons. The molecule has 1 aromatic carbocycles. The molecule has 0 spiro atoms. The van der Waals surface area contributed by atoms with E-state index in [4.69, 9.17) is 24.5 Å². The first kappa shape index (κ1) is 17.4. The third kappa shape index (κ3) is 3.29. The molecule has 2 unspecified atom stereocenters. The quantitative estimate of drug-likeness (QED) is 0.842. The first-order valence-corrected chi connectivity index (χ1v) is 9.64. The maximum atomic E-state index is 10.8. The summed E-state index contributed by atoms with van der Waals surface area (Å²) >= 11 is 0. The molecule has 2 saturated heterocycles. The van der Waals surface area contributed by atoms with E-state index in [0.717, 1.165) is 55.0 Å². The van der Waals surface area contributed by atoms with Gasteiger partial charge in [0.2, 0.25) is 0 Å². The smallest absolute Gasteiger partial charge is 0.409 e. The first-order valence-electron chi connectivity index (χ1n) is 9.64. The first-order chi connectivity index (χ1) is 13.7. The van der Waals surface area contributed by atoms with Crippen molar-refractivity contribution in [2.24, 2.45) is 0 Å². The van der Waals surface area contributed by atoms with Gasteiger partial charge in [0, 0.05) is 36.3 Å². The summed E-state index contributed by atoms with van der Waals surface area (Å²) in [4.78, 5) is 22.8. The molecule has 1 amide bonds. The number of aromatic nitrogens is 2. The molecule has 0 aliphatic carbocycles. The normalized spacial score (nSPS) is 23.4. The van der Waals surface area contributed by atoms with Gasteiger partial charge in [-0.15, -0.1) is 0 Å². The van der Waals surface area contributed by atoms with Gasteiger partial charge in [-0.05, 0) is 37.1 Å². The van der Waals surface area contributed by atoms with E-state index < -0.39 is 6.09 Å². The maximum absolute atomic E-state index is 10.8. The average molecular weight is 382 g/mol. The van der Waals surface area contributed by atoms with Gasteiger partial charge in [-0.3, -0.25) is 5.32 Å². The molecule has 0 radical (unpaired) electrons. The zero-order valence-electron chi connectivity index (χ0n) is 15.4. The fourth-order valence-electron chi connectivity index (χ4n) is 4.22. The minimum absolute atomic E-state index is 0.277. The van der Waals surface area contributed by atoms with E-state index in [0.29, 0.717) is 24.7 Å². The Bertz CT molecular complexity index is 890. The number of rotatable bonds is 3. The van der Waals surface area contributed by atoms with Crippen molar-refractivity contribution >= 4 is 17.6 Å². The highest BCUT2D eigenvalue weighted by molar-refractivity contribution is 5.83. The van der Waals surface area contributed by atoms with Gasteiger partial charge in [0.05, 0.1) is 31.1 Å². The summed E-state index contributed by atoms with van der Waals surface area (Å²) in [5.41, 5.74) is 3.51. The molecule has 1 aromatic heterocycles. The summed E-state index contributed by atoms with van der Waals surface area (Å²) in [5, 5.41) is 11.2. The summed E-state index contributed by atoms with van der Waals surface area (Å²) in [6.07, 6.45) is 2.46. The Morgan fingerprint density at radius 2 is 1.89 bits per heavy atom. The zero-order valence-corrected chi connectivity index (χ0v) is 15.4. The molecule has 2 N–H and O–H groups in total. The molecular weight excluding hydrogens is 360 g/mol. The Morgan fingerprint density at radius 3 is 2.61 bits per heavy atom. The number of nitrogens with one attached hydrogen (secondary N) is 1. The Hall–Kier alpha value is -2.71. The minimum atomic E-state index is -1.08. The number of hydrogen-bond acceptors (Lipinski definition) is 6. The van der Waals surface area contributed by atoms with Gasteiger partial charge >= 0.3 is 6.09 Å². The standard InChI is InChI=1S/C20H22N4O4/c25-20(26)21-13-3-1-12(2-4-13)18-22-17-7-8-27-11-16(17)19(23-18)24-9-14-5-6-15(10-24)28-14/h1-4,14-15,21H,5-11H2,(H,25,26). The molecule has 28 heavy (non-hydrogen) atoms. The van der Waals surface area contributed by atoms with E-state index in [1.54, 1.807) is 12.1 Å². The van der Waals surface area contributed by atoms with E-state index in [1.165, 1.54) is 0 Å². The number of ether oxygens (including phenoxy) is 2. The Balaban J connectivity index is 1.51. The van der Waals surface area contributed by atoms with Crippen molar-refractivity contribution in [2.45, 2.75) is 38.1 Å². The fraction of sp³-hybridized carbons (Fsp3) is 0.450. The molecule has 2 fully saturated rings. The molecule has 3 aliphatic rings. The number of carboxylic acid groups (broad SMARTS) is 1. The molecule has 8 nitrogen and oxygen atoms in total.